The quantitative estimate of drug-likeness (QED) is 0.836. The summed E-state index contributed by atoms with van der Waals surface area (Å²) in [6, 6.07) is 4.36. The zero-order valence-corrected chi connectivity index (χ0v) is 9.66. The number of benzene rings is 1. The van der Waals surface area contributed by atoms with Crippen molar-refractivity contribution in [2.24, 2.45) is 0 Å². The summed E-state index contributed by atoms with van der Waals surface area (Å²) in [6.45, 7) is 0. The van der Waals surface area contributed by atoms with E-state index < -0.39 is 11.8 Å². The zero-order valence-electron chi connectivity index (χ0n) is 7.39. The number of alkyl halides is 1. The average Bonchev–Trinajstić information content (AvgIpc) is 2.17. The molecule has 6 heteroatoms. The Labute approximate surface area is 101 Å². The van der Waals surface area contributed by atoms with Crippen LogP contribution in [0.25, 0.3) is 0 Å². The Morgan fingerprint density at radius 3 is 2.47 bits per heavy atom. The number of imide groups is 1. The van der Waals surface area contributed by atoms with Crippen molar-refractivity contribution >= 4 is 46.6 Å². The van der Waals surface area contributed by atoms with Gasteiger partial charge in [0, 0.05) is 5.02 Å². The first-order valence-corrected chi connectivity index (χ1v) is 5.19. The Bertz CT molecular complexity index is 406. The van der Waals surface area contributed by atoms with Crippen LogP contribution in [0, 0.1) is 0 Å². The number of carbonyl (C=O) groups is 2. The molecule has 1 rings (SSSR count). The normalized spacial score (nSPS) is 9.80. The van der Waals surface area contributed by atoms with E-state index in [0.29, 0.717) is 5.02 Å². The molecule has 2 amide bonds. The molecule has 0 bridgehead atoms. The first-order valence-electron chi connectivity index (χ1n) is 3.90. The standard InChI is InChI=1S/C9H6Cl3NO2/c10-4-8(14)13-9(15)6-2-1-5(11)3-7(6)12/h1-3H,4H2,(H,13,14,15). The maximum Gasteiger partial charge on any atom is 0.259 e. The number of rotatable bonds is 2. The van der Waals surface area contributed by atoms with Crippen LogP contribution in [0.2, 0.25) is 10.0 Å². The van der Waals surface area contributed by atoms with E-state index in [0.717, 1.165) is 0 Å². The molecule has 1 aromatic rings. The van der Waals surface area contributed by atoms with Crippen LogP contribution in [0.4, 0.5) is 0 Å². The molecule has 3 nitrogen and oxygen atoms in total. The number of nitrogens with one attached hydrogen (secondary N) is 1. The Kier molecular flexibility index (Phi) is 4.39. The maximum absolute atomic E-state index is 11.4. The topological polar surface area (TPSA) is 46.2 Å². The number of hydrogen-bond donors (Lipinski definition) is 1. The largest absolute Gasteiger partial charge is 0.291 e. The third kappa shape index (κ3) is 3.38. The van der Waals surface area contributed by atoms with Gasteiger partial charge in [0.15, 0.2) is 0 Å². The van der Waals surface area contributed by atoms with E-state index in [2.05, 4.69) is 5.32 Å². The number of hydrogen-bond acceptors (Lipinski definition) is 2. The summed E-state index contributed by atoms with van der Waals surface area (Å²) in [5.41, 5.74) is 0.180. The van der Waals surface area contributed by atoms with Gasteiger partial charge in [-0.2, -0.15) is 0 Å². The molecule has 0 fully saturated rings. The van der Waals surface area contributed by atoms with E-state index in [1.165, 1.54) is 18.2 Å². The molecule has 0 unspecified atom stereocenters. The van der Waals surface area contributed by atoms with E-state index >= 15 is 0 Å². The van der Waals surface area contributed by atoms with Crippen LogP contribution in [0.5, 0.6) is 0 Å². The molecule has 15 heavy (non-hydrogen) atoms. The molecule has 0 spiro atoms. The summed E-state index contributed by atoms with van der Waals surface area (Å²) in [6.07, 6.45) is 0. The van der Waals surface area contributed by atoms with Gasteiger partial charge in [-0.05, 0) is 18.2 Å². The molecule has 0 heterocycles. The van der Waals surface area contributed by atoms with E-state index in [4.69, 9.17) is 34.8 Å². The van der Waals surface area contributed by atoms with Crippen molar-refractivity contribution < 1.29 is 9.59 Å². The monoisotopic (exact) mass is 265 g/mol. The molecule has 0 radical (unpaired) electrons. The lowest BCUT2D eigenvalue weighted by molar-refractivity contribution is -0.117. The average molecular weight is 267 g/mol. The number of carbonyl (C=O) groups excluding carboxylic acids is 2. The smallest absolute Gasteiger partial charge is 0.259 e. The third-order valence-electron chi connectivity index (χ3n) is 1.55. The lowest BCUT2D eigenvalue weighted by Gasteiger charge is -2.04. The molecule has 0 saturated carbocycles. The van der Waals surface area contributed by atoms with Crippen LogP contribution in [-0.4, -0.2) is 17.7 Å². The Hall–Kier alpha value is -0.770. The van der Waals surface area contributed by atoms with E-state index in [1.807, 2.05) is 0 Å². The summed E-state index contributed by atoms with van der Waals surface area (Å²) in [4.78, 5) is 22.3. The molecule has 0 atom stereocenters. The van der Waals surface area contributed by atoms with Crippen LogP contribution in [0.1, 0.15) is 10.4 Å². The minimum absolute atomic E-state index is 0.180. The van der Waals surface area contributed by atoms with Gasteiger partial charge < -0.3 is 0 Å². The lowest BCUT2D eigenvalue weighted by atomic mass is 10.2. The van der Waals surface area contributed by atoms with Gasteiger partial charge in [0.2, 0.25) is 5.91 Å². The highest BCUT2D eigenvalue weighted by Crippen LogP contribution is 2.20. The van der Waals surface area contributed by atoms with Crippen molar-refractivity contribution in [2.75, 3.05) is 5.88 Å². The predicted octanol–water partition coefficient (Wildman–Crippen LogP) is 2.49. The Balaban J connectivity index is 2.87. The number of halogens is 3. The summed E-state index contributed by atoms with van der Waals surface area (Å²) >= 11 is 16.6. The highest BCUT2D eigenvalue weighted by Gasteiger charge is 2.12. The number of amides is 2. The fraction of sp³-hybridized carbons (Fsp3) is 0.111. The van der Waals surface area contributed by atoms with Crippen LogP contribution in [0.3, 0.4) is 0 Å². The maximum atomic E-state index is 11.4. The highest BCUT2D eigenvalue weighted by molar-refractivity contribution is 6.37. The molecule has 80 valence electrons. The fourth-order valence-electron chi connectivity index (χ4n) is 0.901. The molecule has 0 aliphatic heterocycles. The van der Waals surface area contributed by atoms with Crippen molar-refractivity contribution in [3.8, 4) is 0 Å². The summed E-state index contributed by atoms with van der Waals surface area (Å²) in [5.74, 6) is -1.45. The van der Waals surface area contributed by atoms with Crippen molar-refractivity contribution in [1.29, 1.82) is 0 Å². The molecule has 1 aromatic carbocycles. The predicted molar refractivity (Wildman–Crippen MR) is 59.7 cm³/mol. The van der Waals surface area contributed by atoms with Crippen LogP contribution < -0.4 is 5.32 Å². The minimum Gasteiger partial charge on any atom is -0.291 e. The molecule has 0 aliphatic rings. The van der Waals surface area contributed by atoms with Crippen LogP contribution in [0.15, 0.2) is 18.2 Å². The SMILES string of the molecule is O=C(CCl)NC(=O)c1ccc(Cl)cc1Cl. The summed E-state index contributed by atoms with van der Waals surface area (Å²) in [5, 5.41) is 2.67. The van der Waals surface area contributed by atoms with Crippen molar-refractivity contribution in [3.63, 3.8) is 0 Å². The fourth-order valence-corrected chi connectivity index (χ4v) is 1.46. The zero-order chi connectivity index (χ0) is 11.4. The highest BCUT2D eigenvalue weighted by atomic mass is 35.5. The van der Waals surface area contributed by atoms with Gasteiger partial charge in [-0.25, -0.2) is 0 Å². The molecule has 0 aliphatic carbocycles. The summed E-state index contributed by atoms with van der Waals surface area (Å²) < 4.78 is 0. The van der Waals surface area contributed by atoms with Gasteiger partial charge in [-0.15, -0.1) is 11.6 Å². The van der Waals surface area contributed by atoms with Gasteiger partial charge in [-0.1, -0.05) is 23.2 Å². The molecular weight excluding hydrogens is 260 g/mol. The molecule has 1 N–H and O–H groups in total. The second kappa shape index (κ2) is 5.35. The van der Waals surface area contributed by atoms with Gasteiger partial charge in [0.1, 0.15) is 5.88 Å². The summed E-state index contributed by atoms with van der Waals surface area (Å²) in [7, 11) is 0. The molecule has 0 saturated heterocycles. The molecular formula is C9H6Cl3NO2. The van der Waals surface area contributed by atoms with Crippen molar-refractivity contribution in [3.05, 3.63) is 33.8 Å². The van der Waals surface area contributed by atoms with Crippen LogP contribution >= 0.6 is 34.8 Å². The first-order chi connectivity index (χ1) is 7.04. The van der Waals surface area contributed by atoms with E-state index in [1.54, 1.807) is 0 Å². The van der Waals surface area contributed by atoms with Crippen molar-refractivity contribution in [1.82, 2.24) is 5.32 Å². The Morgan fingerprint density at radius 2 is 1.93 bits per heavy atom. The minimum atomic E-state index is -0.595. The van der Waals surface area contributed by atoms with Gasteiger partial charge in [-0.3, -0.25) is 14.9 Å². The second-order valence-corrected chi connectivity index (χ2v) is 3.75. The van der Waals surface area contributed by atoms with E-state index in [-0.39, 0.29) is 16.5 Å². The molecule has 0 aromatic heterocycles. The second-order valence-electron chi connectivity index (χ2n) is 2.64. The lowest BCUT2D eigenvalue weighted by Crippen LogP contribution is -2.31. The Morgan fingerprint density at radius 1 is 1.27 bits per heavy atom. The van der Waals surface area contributed by atoms with Crippen molar-refractivity contribution in [2.45, 2.75) is 0 Å². The van der Waals surface area contributed by atoms with Crippen LogP contribution in [-0.2, 0) is 4.79 Å². The van der Waals surface area contributed by atoms with E-state index in [9.17, 15) is 9.59 Å². The third-order valence-corrected chi connectivity index (χ3v) is 2.34. The van der Waals surface area contributed by atoms with Gasteiger partial charge >= 0.3 is 0 Å². The van der Waals surface area contributed by atoms with Gasteiger partial charge in [0.25, 0.3) is 5.91 Å². The first kappa shape index (κ1) is 12.3. The van der Waals surface area contributed by atoms with Gasteiger partial charge in [0.05, 0.1) is 10.6 Å².